The summed E-state index contributed by atoms with van der Waals surface area (Å²) in [6, 6.07) is 0. The molecule has 0 spiro atoms. The third-order valence-electron chi connectivity index (χ3n) is 2.91. The Balaban J connectivity index is 1.66. The predicted molar refractivity (Wildman–Crippen MR) is 55.0 cm³/mol. The van der Waals surface area contributed by atoms with Crippen LogP contribution in [0, 0.1) is 0 Å². The van der Waals surface area contributed by atoms with Crippen molar-refractivity contribution in [2.75, 3.05) is 19.5 Å². The van der Waals surface area contributed by atoms with Gasteiger partial charge in [-0.2, -0.15) is 11.8 Å². The summed E-state index contributed by atoms with van der Waals surface area (Å²) in [6.07, 6.45) is 8.47. The summed E-state index contributed by atoms with van der Waals surface area (Å²) in [5, 5.41) is 0. The van der Waals surface area contributed by atoms with Crippen LogP contribution in [0.4, 0.5) is 0 Å². The molecule has 0 aromatic heterocycles. The third-order valence-corrected chi connectivity index (χ3v) is 4.30. The first-order chi connectivity index (χ1) is 6.35. The Kier molecular flexibility index (Phi) is 3.17. The first kappa shape index (κ1) is 9.81. The molecule has 2 rings (SSSR count). The zero-order valence-electron chi connectivity index (χ0n) is 8.25. The zero-order valence-corrected chi connectivity index (χ0v) is 9.07. The molecule has 0 radical (unpaired) electrons. The Bertz CT molecular complexity index is 162. The van der Waals surface area contributed by atoms with Gasteiger partial charge in [0.25, 0.3) is 0 Å². The van der Waals surface area contributed by atoms with Gasteiger partial charge in [-0.25, -0.2) is 0 Å². The molecule has 1 saturated carbocycles. The van der Waals surface area contributed by atoms with Crippen LogP contribution in [0.25, 0.3) is 0 Å². The van der Waals surface area contributed by atoms with Crippen molar-refractivity contribution >= 4 is 11.8 Å². The van der Waals surface area contributed by atoms with E-state index in [4.69, 9.17) is 9.47 Å². The maximum absolute atomic E-state index is 5.76. The lowest BCUT2D eigenvalue weighted by Crippen LogP contribution is -2.26. The molecule has 0 N–H and O–H groups in total. The molecule has 3 heteroatoms. The van der Waals surface area contributed by atoms with Crippen LogP contribution in [0.5, 0.6) is 0 Å². The monoisotopic (exact) mass is 202 g/mol. The van der Waals surface area contributed by atoms with E-state index in [-0.39, 0.29) is 6.29 Å². The topological polar surface area (TPSA) is 18.5 Å². The van der Waals surface area contributed by atoms with E-state index in [0.717, 1.165) is 19.6 Å². The first-order valence-corrected chi connectivity index (χ1v) is 6.35. The highest BCUT2D eigenvalue weighted by molar-refractivity contribution is 8.00. The quantitative estimate of drug-likeness (QED) is 0.697. The standard InChI is InChI=1S/C10H18O2S/c1-13-10(5-6-10)8-12-9-4-2-3-7-11-9/h9H,2-8H2,1H3. The second-order valence-electron chi connectivity index (χ2n) is 3.99. The van der Waals surface area contributed by atoms with Crippen LogP contribution in [-0.4, -0.2) is 30.5 Å². The van der Waals surface area contributed by atoms with E-state index in [1.807, 2.05) is 11.8 Å². The number of ether oxygens (including phenoxy) is 2. The fraction of sp³-hybridized carbons (Fsp3) is 1.00. The van der Waals surface area contributed by atoms with E-state index in [9.17, 15) is 0 Å². The van der Waals surface area contributed by atoms with E-state index >= 15 is 0 Å². The molecule has 0 aromatic carbocycles. The minimum atomic E-state index is 0.0957. The Morgan fingerprint density at radius 3 is 2.85 bits per heavy atom. The summed E-state index contributed by atoms with van der Waals surface area (Å²) in [6.45, 7) is 1.77. The maximum atomic E-state index is 5.76. The number of hydrogen-bond acceptors (Lipinski definition) is 3. The molecule has 2 aliphatic rings. The van der Waals surface area contributed by atoms with Crippen molar-refractivity contribution in [2.24, 2.45) is 0 Å². The molecular weight excluding hydrogens is 184 g/mol. The number of hydrogen-bond donors (Lipinski definition) is 0. The van der Waals surface area contributed by atoms with Gasteiger partial charge < -0.3 is 9.47 Å². The molecule has 1 heterocycles. The van der Waals surface area contributed by atoms with Crippen LogP contribution < -0.4 is 0 Å². The summed E-state index contributed by atoms with van der Waals surface area (Å²) >= 11 is 1.95. The summed E-state index contributed by atoms with van der Waals surface area (Å²) in [7, 11) is 0. The van der Waals surface area contributed by atoms with Crippen molar-refractivity contribution in [3.63, 3.8) is 0 Å². The molecular formula is C10H18O2S. The van der Waals surface area contributed by atoms with Gasteiger partial charge in [0, 0.05) is 11.4 Å². The average molecular weight is 202 g/mol. The van der Waals surface area contributed by atoms with Gasteiger partial charge in [0.15, 0.2) is 6.29 Å². The highest BCUT2D eigenvalue weighted by Crippen LogP contribution is 2.47. The lowest BCUT2D eigenvalue weighted by atomic mass is 10.2. The summed E-state index contributed by atoms with van der Waals surface area (Å²) in [5.74, 6) is 0. The van der Waals surface area contributed by atoms with Crippen LogP contribution in [-0.2, 0) is 9.47 Å². The number of rotatable bonds is 4. The largest absolute Gasteiger partial charge is 0.353 e. The zero-order chi connectivity index (χ0) is 9.15. The van der Waals surface area contributed by atoms with Crippen molar-refractivity contribution in [2.45, 2.75) is 43.1 Å². The van der Waals surface area contributed by atoms with E-state index < -0.39 is 0 Å². The predicted octanol–water partition coefficient (Wildman–Crippen LogP) is 2.43. The Hall–Kier alpha value is 0.270. The second kappa shape index (κ2) is 4.20. The van der Waals surface area contributed by atoms with E-state index in [0.29, 0.717) is 4.75 Å². The van der Waals surface area contributed by atoms with Gasteiger partial charge in [0.05, 0.1) is 6.61 Å². The normalized spacial score (nSPS) is 31.6. The smallest absolute Gasteiger partial charge is 0.157 e. The van der Waals surface area contributed by atoms with Gasteiger partial charge in [-0.15, -0.1) is 0 Å². The Morgan fingerprint density at radius 1 is 1.46 bits per heavy atom. The summed E-state index contributed by atoms with van der Waals surface area (Å²) in [5.41, 5.74) is 0. The number of thioether (sulfide) groups is 1. The third kappa shape index (κ3) is 2.61. The van der Waals surface area contributed by atoms with Crippen molar-refractivity contribution in [3.8, 4) is 0 Å². The molecule has 1 unspecified atom stereocenters. The molecule has 2 nitrogen and oxygen atoms in total. The summed E-state index contributed by atoms with van der Waals surface area (Å²) < 4.78 is 11.7. The van der Waals surface area contributed by atoms with Gasteiger partial charge in [-0.1, -0.05) is 0 Å². The van der Waals surface area contributed by atoms with E-state index in [1.54, 1.807) is 0 Å². The van der Waals surface area contributed by atoms with Crippen LogP contribution in [0.3, 0.4) is 0 Å². The van der Waals surface area contributed by atoms with Gasteiger partial charge >= 0.3 is 0 Å². The van der Waals surface area contributed by atoms with E-state index in [1.165, 1.54) is 25.7 Å². The lowest BCUT2D eigenvalue weighted by molar-refractivity contribution is -0.162. The van der Waals surface area contributed by atoms with Crippen molar-refractivity contribution in [3.05, 3.63) is 0 Å². The highest BCUT2D eigenvalue weighted by Gasteiger charge is 2.42. The molecule has 1 saturated heterocycles. The minimum Gasteiger partial charge on any atom is -0.353 e. The van der Waals surface area contributed by atoms with Gasteiger partial charge in [0.2, 0.25) is 0 Å². The van der Waals surface area contributed by atoms with Crippen molar-refractivity contribution < 1.29 is 9.47 Å². The van der Waals surface area contributed by atoms with Crippen molar-refractivity contribution in [1.82, 2.24) is 0 Å². The second-order valence-corrected chi connectivity index (χ2v) is 5.27. The molecule has 76 valence electrons. The van der Waals surface area contributed by atoms with E-state index in [2.05, 4.69) is 6.26 Å². The fourth-order valence-electron chi connectivity index (χ4n) is 1.63. The van der Waals surface area contributed by atoms with Gasteiger partial charge in [-0.3, -0.25) is 0 Å². The van der Waals surface area contributed by atoms with Crippen LogP contribution in [0.2, 0.25) is 0 Å². The lowest BCUT2D eigenvalue weighted by Gasteiger charge is -2.24. The molecule has 1 atom stereocenters. The highest BCUT2D eigenvalue weighted by atomic mass is 32.2. The van der Waals surface area contributed by atoms with Crippen LogP contribution in [0.15, 0.2) is 0 Å². The average Bonchev–Trinajstić information content (AvgIpc) is 2.97. The SMILES string of the molecule is CSC1(COC2CCCCO2)CC1. The molecule has 0 aromatic rings. The molecule has 1 aliphatic carbocycles. The van der Waals surface area contributed by atoms with Gasteiger partial charge in [0.1, 0.15) is 0 Å². The summed E-state index contributed by atoms with van der Waals surface area (Å²) in [4.78, 5) is 0. The molecule has 2 fully saturated rings. The minimum absolute atomic E-state index is 0.0957. The maximum Gasteiger partial charge on any atom is 0.157 e. The van der Waals surface area contributed by atoms with Crippen LogP contribution >= 0.6 is 11.8 Å². The molecule has 0 amide bonds. The Labute approximate surface area is 84.4 Å². The molecule has 13 heavy (non-hydrogen) atoms. The van der Waals surface area contributed by atoms with Crippen molar-refractivity contribution in [1.29, 1.82) is 0 Å². The Morgan fingerprint density at radius 2 is 2.31 bits per heavy atom. The van der Waals surface area contributed by atoms with Gasteiger partial charge in [-0.05, 0) is 38.4 Å². The van der Waals surface area contributed by atoms with Crippen LogP contribution in [0.1, 0.15) is 32.1 Å². The fourth-order valence-corrected chi connectivity index (χ4v) is 2.33. The first-order valence-electron chi connectivity index (χ1n) is 5.13. The molecule has 1 aliphatic heterocycles. The molecule has 0 bridgehead atoms.